The van der Waals surface area contributed by atoms with E-state index >= 15 is 0 Å². The summed E-state index contributed by atoms with van der Waals surface area (Å²) in [6.45, 7) is 2.24. The molecule has 1 saturated carbocycles. The monoisotopic (exact) mass is 252 g/mol. The van der Waals surface area contributed by atoms with Crippen molar-refractivity contribution in [2.45, 2.75) is 64.1 Å². The number of methoxy groups -OCH3 is 1. The first-order valence-corrected chi connectivity index (χ1v) is 7.58. The van der Waals surface area contributed by atoms with Crippen molar-refractivity contribution in [3.8, 4) is 0 Å². The lowest BCUT2D eigenvalue weighted by molar-refractivity contribution is 0.0240. The summed E-state index contributed by atoms with van der Waals surface area (Å²) >= 11 is 0. The molecule has 1 fully saturated rings. The minimum Gasteiger partial charge on any atom is -0.393 e. The van der Waals surface area contributed by atoms with Crippen LogP contribution < -0.4 is 0 Å². The van der Waals surface area contributed by atoms with Crippen LogP contribution in [0.3, 0.4) is 0 Å². The molecule has 0 aromatic rings. The van der Waals surface area contributed by atoms with Crippen molar-refractivity contribution in [3.63, 3.8) is 0 Å². The second-order valence-electron chi connectivity index (χ2n) is 6.21. The fourth-order valence-corrected chi connectivity index (χ4v) is 3.67. The molecule has 0 aromatic carbocycles. The summed E-state index contributed by atoms with van der Waals surface area (Å²) in [4.78, 5) is 0. The largest absolute Gasteiger partial charge is 0.393 e. The zero-order chi connectivity index (χ0) is 13.0. The molecule has 0 radical (unpaired) electrons. The van der Waals surface area contributed by atoms with Gasteiger partial charge in [0.15, 0.2) is 0 Å². The second kappa shape index (κ2) is 6.72. The van der Waals surface area contributed by atoms with Crippen LogP contribution in [0.2, 0.25) is 0 Å². The lowest BCUT2D eigenvalue weighted by Crippen LogP contribution is -2.31. The van der Waals surface area contributed by atoms with Crippen molar-refractivity contribution in [2.75, 3.05) is 7.11 Å². The Bertz CT molecular complexity index is 266. The molecule has 0 heterocycles. The highest BCUT2D eigenvalue weighted by molar-refractivity contribution is 4.97. The van der Waals surface area contributed by atoms with Gasteiger partial charge in [0, 0.05) is 7.11 Å². The molecule has 104 valence electrons. The standard InChI is InChI=1S/C16H28O2/c1-12-5-3-4-6-15(12)16(17)11-13-7-9-14(18-2)10-8-13/h3,5,12-17H,4,6-11H2,1-2H3. The van der Waals surface area contributed by atoms with E-state index in [0.717, 1.165) is 19.3 Å². The zero-order valence-electron chi connectivity index (χ0n) is 11.8. The summed E-state index contributed by atoms with van der Waals surface area (Å²) < 4.78 is 5.41. The molecule has 0 aromatic heterocycles. The Morgan fingerprint density at radius 3 is 2.56 bits per heavy atom. The van der Waals surface area contributed by atoms with Crippen LogP contribution in [0.25, 0.3) is 0 Å². The molecule has 2 aliphatic carbocycles. The van der Waals surface area contributed by atoms with E-state index in [4.69, 9.17) is 4.74 Å². The first-order chi connectivity index (χ1) is 8.70. The van der Waals surface area contributed by atoms with Crippen molar-refractivity contribution in [1.29, 1.82) is 0 Å². The van der Waals surface area contributed by atoms with Gasteiger partial charge in [-0.05, 0) is 62.7 Å². The Hall–Kier alpha value is -0.340. The number of allylic oxidation sites excluding steroid dienone is 2. The van der Waals surface area contributed by atoms with Crippen LogP contribution in [0.5, 0.6) is 0 Å². The van der Waals surface area contributed by atoms with E-state index < -0.39 is 0 Å². The third kappa shape index (κ3) is 3.58. The van der Waals surface area contributed by atoms with Gasteiger partial charge in [-0.25, -0.2) is 0 Å². The summed E-state index contributed by atoms with van der Waals surface area (Å²) in [5, 5.41) is 10.5. The Morgan fingerprint density at radius 2 is 1.94 bits per heavy atom. The second-order valence-corrected chi connectivity index (χ2v) is 6.21. The molecule has 1 N–H and O–H groups in total. The summed E-state index contributed by atoms with van der Waals surface area (Å²) in [5.74, 6) is 1.74. The maximum atomic E-state index is 10.5. The van der Waals surface area contributed by atoms with Crippen molar-refractivity contribution < 1.29 is 9.84 Å². The fraction of sp³-hybridized carbons (Fsp3) is 0.875. The molecule has 2 heteroatoms. The quantitative estimate of drug-likeness (QED) is 0.775. The lowest BCUT2D eigenvalue weighted by atomic mass is 9.76. The highest BCUT2D eigenvalue weighted by Crippen LogP contribution is 2.34. The molecule has 3 atom stereocenters. The fourth-order valence-electron chi connectivity index (χ4n) is 3.67. The lowest BCUT2D eigenvalue weighted by Gasteiger charge is -2.34. The van der Waals surface area contributed by atoms with Gasteiger partial charge in [-0.2, -0.15) is 0 Å². The van der Waals surface area contributed by atoms with Crippen molar-refractivity contribution >= 4 is 0 Å². The molecule has 3 unspecified atom stereocenters. The predicted molar refractivity (Wildman–Crippen MR) is 74.4 cm³/mol. The van der Waals surface area contributed by atoms with Crippen LogP contribution in [0.1, 0.15) is 51.9 Å². The van der Waals surface area contributed by atoms with Crippen LogP contribution in [0.4, 0.5) is 0 Å². The molecule has 0 aliphatic heterocycles. The van der Waals surface area contributed by atoms with Crippen molar-refractivity contribution in [2.24, 2.45) is 17.8 Å². The SMILES string of the molecule is COC1CCC(CC(O)C2CCC=CC2C)CC1. The Kier molecular flexibility index (Phi) is 5.25. The molecule has 18 heavy (non-hydrogen) atoms. The average Bonchev–Trinajstić information content (AvgIpc) is 2.40. The third-order valence-electron chi connectivity index (χ3n) is 4.98. The molecule has 0 spiro atoms. The van der Waals surface area contributed by atoms with E-state index in [-0.39, 0.29) is 6.10 Å². The molecule has 2 aliphatic rings. The summed E-state index contributed by atoms with van der Waals surface area (Å²) in [6, 6.07) is 0. The van der Waals surface area contributed by atoms with E-state index in [1.54, 1.807) is 0 Å². The summed E-state index contributed by atoms with van der Waals surface area (Å²) in [5.41, 5.74) is 0. The van der Waals surface area contributed by atoms with Gasteiger partial charge in [-0.15, -0.1) is 0 Å². The van der Waals surface area contributed by atoms with E-state index in [1.165, 1.54) is 25.7 Å². The zero-order valence-corrected chi connectivity index (χ0v) is 11.8. The van der Waals surface area contributed by atoms with Crippen LogP contribution in [-0.4, -0.2) is 24.4 Å². The molecule has 0 bridgehead atoms. The van der Waals surface area contributed by atoms with E-state index in [1.807, 2.05) is 7.11 Å². The first-order valence-electron chi connectivity index (χ1n) is 7.58. The minimum absolute atomic E-state index is 0.103. The van der Waals surface area contributed by atoms with Crippen molar-refractivity contribution in [1.82, 2.24) is 0 Å². The van der Waals surface area contributed by atoms with Crippen LogP contribution in [0.15, 0.2) is 12.2 Å². The smallest absolute Gasteiger partial charge is 0.0576 e. The van der Waals surface area contributed by atoms with Crippen LogP contribution >= 0.6 is 0 Å². The highest BCUT2D eigenvalue weighted by Gasteiger charge is 2.29. The number of aliphatic hydroxyl groups excluding tert-OH is 1. The average molecular weight is 252 g/mol. The molecule has 0 amide bonds. The highest BCUT2D eigenvalue weighted by atomic mass is 16.5. The Morgan fingerprint density at radius 1 is 1.22 bits per heavy atom. The maximum Gasteiger partial charge on any atom is 0.0576 e. The summed E-state index contributed by atoms with van der Waals surface area (Å²) in [6.07, 6.45) is 13.0. The van der Waals surface area contributed by atoms with Gasteiger partial charge in [0.2, 0.25) is 0 Å². The first kappa shape index (κ1) is 14.1. The summed E-state index contributed by atoms with van der Waals surface area (Å²) in [7, 11) is 1.82. The number of aliphatic hydroxyl groups is 1. The number of hydrogen-bond donors (Lipinski definition) is 1. The van der Waals surface area contributed by atoms with E-state index in [0.29, 0.717) is 23.9 Å². The van der Waals surface area contributed by atoms with Crippen molar-refractivity contribution in [3.05, 3.63) is 12.2 Å². The maximum absolute atomic E-state index is 10.5. The van der Waals surface area contributed by atoms with Gasteiger partial charge >= 0.3 is 0 Å². The topological polar surface area (TPSA) is 29.5 Å². The molecule has 2 nitrogen and oxygen atoms in total. The van der Waals surface area contributed by atoms with Crippen LogP contribution in [-0.2, 0) is 4.74 Å². The number of rotatable bonds is 4. The van der Waals surface area contributed by atoms with Gasteiger partial charge in [-0.3, -0.25) is 0 Å². The Balaban J connectivity index is 1.77. The van der Waals surface area contributed by atoms with Gasteiger partial charge in [0.25, 0.3) is 0 Å². The van der Waals surface area contributed by atoms with E-state index in [2.05, 4.69) is 19.1 Å². The van der Waals surface area contributed by atoms with E-state index in [9.17, 15) is 5.11 Å². The van der Waals surface area contributed by atoms with Gasteiger partial charge in [0.05, 0.1) is 12.2 Å². The van der Waals surface area contributed by atoms with Gasteiger partial charge in [-0.1, -0.05) is 19.1 Å². The number of ether oxygens (including phenoxy) is 1. The molecular weight excluding hydrogens is 224 g/mol. The molecule has 0 saturated heterocycles. The molecule has 2 rings (SSSR count). The normalized spacial score (nSPS) is 38.6. The third-order valence-corrected chi connectivity index (χ3v) is 4.98. The van der Waals surface area contributed by atoms with Gasteiger partial charge < -0.3 is 9.84 Å². The minimum atomic E-state index is -0.103. The number of hydrogen-bond acceptors (Lipinski definition) is 2. The Labute approximate surface area is 111 Å². The van der Waals surface area contributed by atoms with Gasteiger partial charge in [0.1, 0.15) is 0 Å². The predicted octanol–water partition coefficient (Wildman–Crippen LogP) is 3.54. The molecular formula is C16H28O2. The van der Waals surface area contributed by atoms with Crippen LogP contribution in [0, 0.1) is 17.8 Å².